The minimum Gasteiger partial charge on any atom is -0.348 e. The van der Waals surface area contributed by atoms with E-state index in [1.807, 2.05) is 47.9 Å². The van der Waals surface area contributed by atoms with Crippen LogP contribution in [0, 0.1) is 0 Å². The van der Waals surface area contributed by atoms with Crippen LogP contribution in [-0.2, 0) is 21.4 Å². The second kappa shape index (κ2) is 8.80. The van der Waals surface area contributed by atoms with Gasteiger partial charge in [-0.25, -0.2) is 12.7 Å². The Labute approximate surface area is 192 Å². The maximum absolute atomic E-state index is 13.0. The quantitative estimate of drug-likeness (QED) is 0.445. The summed E-state index contributed by atoms with van der Waals surface area (Å²) < 4.78 is 27.5. The summed E-state index contributed by atoms with van der Waals surface area (Å²) in [4.78, 5) is 26.0. The highest BCUT2D eigenvalue weighted by molar-refractivity contribution is 7.89. The fourth-order valence-electron chi connectivity index (χ4n) is 3.90. The van der Waals surface area contributed by atoms with Crippen molar-refractivity contribution in [3.05, 3.63) is 88.6 Å². The van der Waals surface area contributed by atoms with Gasteiger partial charge in [-0.1, -0.05) is 36.4 Å². The number of rotatable bonds is 6. The van der Waals surface area contributed by atoms with Crippen LogP contribution in [-0.4, -0.2) is 37.3 Å². The van der Waals surface area contributed by atoms with Gasteiger partial charge in [0.2, 0.25) is 15.9 Å². The highest BCUT2D eigenvalue weighted by Gasteiger charge is 2.18. The van der Waals surface area contributed by atoms with Gasteiger partial charge in [0.05, 0.1) is 22.0 Å². The van der Waals surface area contributed by atoms with Crippen molar-refractivity contribution in [2.45, 2.75) is 24.4 Å². The topological polar surface area (TPSA) is 88.5 Å². The summed E-state index contributed by atoms with van der Waals surface area (Å²) in [5, 5.41) is 4.10. The van der Waals surface area contributed by atoms with E-state index in [1.54, 1.807) is 24.3 Å². The molecule has 0 bridgehead atoms. The Morgan fingerprint density at radius 3 is 1.94 bits per heavy atom. The molecule has 0 saturated carbocycles. The standard InChI is InChI=1S/C25H25N3O4S/c1-17(18-12-14-19(15-13-18)33(31,32)27(2)3)26-24(29)16-28-22-10-6-4-8-20(22)25(30)21-9-5-7-11-23(21)28/h4-15,17H,16H2,1-3H3,(H,26,29). The van der Waals surface area contributed by atoms with Crippen LogP contribution in [0.5, 0.6) is 0 Å². The monoisotopic (exact) mass is 463 g/mol. The Hall–Kier alpha value is -3.49. The summed E-state index contributed by atoms with van der Waals surface area (Å²) in [7, 11) is -0.546. The lowest BCUT2D eigenvalue weighted by Crippen LogP contribution is -2.31. The predicted molar refractivity (Wildman–Crippen MR) is 130 cm³/mol. The number of carbonyl (C=O) groups excluding carboxylic acids is 1. The first-order valence-corrected chi connectivity index (χ1v) is 12.0. The van der Waals surface area contributed by atoms with Gasteiger partial charge in [-0.2, -0.15) is 0 Å². The number of hydrogen-bond acceptors (Lipinski definition) is 4. The molecule has 0 radical (unpaired) electrons. The number of nitrogens with zero attached hydrogens (tertiary/aromatic N) is 2. The van der Waals surface area contributed by atoms with Crippen LogP contribution < -0.4 is 10.7 Å². The zero-order valence-corrected chi connectivity index (χ0v) is 19.5. The van der Waals surface area contributed by atoms with E-state index in [0.29, 0.717) is 21.8 Å². The third-order valence-electron chi connectivity index (χ3n) is 5.72. The Bertz CT molecular complexity index is 1450. The van der Waals surface area contributed by atoms with Gasteiger partial charge in [-0.15, -0.1) is 0 Å². The van der Waals surface area contributed by atoms with Gasteiger partial charge in [0.25, 0.3) is 0 Å². The molecule has 170 valence electrons. The van der Waals surface area contributed by atoms with E-state index in [9.17, 15) is 18.0 Å². The van der Waals surface area contributed by atoms with Gasteiger partial charge in [0.1, 0.15) is 6.54 Å². The first kappa shape index (κ1) is 22.7. The van der Waals surface area contributed by atoms with E-state index in [4.69, 9.17) is 0 Å². The summed E-state index contributed by atoms with van der Waals surface area (Å²) >= 11 is 0. The fourth-order valence-corrected chi connectivity index (χ4v) is 4.80. The Morgan fingerprint density at radius 1 is 0.909 bits per heavy atom. The number of pyridine rings is 1. The van der Waals surface area contributed by atoms with E-state index >= 15 is 0 Å². The molecule has 4 aromatic rings. The maximum Gasteiger partial charge on any atom is 0.242 e. The minimum absolute atomic E-state index is 0.0404. The molecule has 0 aliphatic rings. The molecule has 1 aromatic heterocycles. The van der Waals surface area contributed by atoms with Crippen molar-refractivity contribution in [2.75, 3.05) is 14.1 Å². The normalized spacial score (nSPS) is 12.8. The van der Waals surface area contributed by atoms with Gasteiger partial charge in [-0.05, 0) is 48.9 Å². The molecule has 1 amide bonds. The summed E-state index contributed by atoms with van der Waals surface area (Å²) in [6, 6.07) is 20.7. The van der Waals surface area contributed by atoms with Crippen LogP contribution in [0.25, 0.3) is 21.8 Å². The average molecular weight is 464 g/mol. The van der Waals surface area contributed by atoms with Gasteiger partial charge < -0.3 is 9.88 Å². The van der Waals surface area contributed by atoms with Crippen LogP contribution in [0.4, 0.5) is 0 Å². The number of fused-ring (bicyclic) bond motifs is 2. The molecule has 0 aliphatic carbocycles. The molecule has 7 nitrogen and oxygen atoms in total. The molecular weight excluding hydrogens is 438 g/mol. The van der Waals surface area contributed by atoms with Gasteiger partial charge in [0, 0.05) is 24.9 Å². The average Bonchev–Trinajstić information content (AvgIpc) is 2.81. The van der Waals surface area contributed by atoms with Crippen molar-refractivity contribution in [3.8, 4) is 0 Å². The van der Waals surface area contributed by atoms with Crippen molar-refractivity contribution in [1.82, 2.24) is 14.2 Å². The third-order valence-corrected chi connectivity index (χ3v) is 7.55. The molecule has 8 heteroatoms. The van der Waals surface area contributed by atoms with Crippen molar-refractivity contribution in [1.29, 1.82) is 0 Å². The second-order valence-corrected chi connectivity index (χ2v) is 10.2. The Morgan fingerprint density at radius 2 is 1.42 bits per heavy atom. The van der Waals surface area contributed by atoms with Crippen LogP contribution in [0.3, 0.4) is 0 Å². The lowest BCUT2D eigenvalue weighted by Gasteiger charge is -2.18. The zero-order valence-electron chi connectivity index (χ0n) is 18.6. The van der Waals surface area contributed by atoms with Crippen molar-refractivity contribution >= 4 is 37.7 Å². The Kier molecular flexibility index (Phi) is 6.05. The lowest BCUT2D eigenvalue weighted by atomic mass is 10.1. The summed E-state index contributed by atoms with van der Waals surface area (Å²) in [5.41, 5.74) is 2.12. The van der Waals surface area contributed by atoms with E-state index in [0.717, 1.165) is 9.87 Å². The number of benzene rings is 3. The molecule has 1 N–H and O–H groups in total. The summed E-state index contributed by atoms with van der Waals surface area (Å²) in [6.07, 6.45) is 0. The first-order valence-electron chi connectivity index (χ1n) is 10.5. The van der Waals surface area contributed by atoms with Crippen molar-refractivity contribution in [2.24, 2.45) is 0 Å². The third kappa shape index (κ3) is 4.27. The number of sulfonamides is 1. The fraction of sp³-hybridized carbons (Fsp3) is 0.200. The molecule has 0 spiro atoms. The van der Waals surface area contributed by atoms with Gasteiger partial charge in [-0.3, -0.25) is 9.59 Å². The molecule has 1 unspecified atom stereocenters. The molecule has 3 aromatic carbocycles. The molecule has 4 rings (SSSR count). The number of carbonyl (C=O) groups is 1. The van der Waals surface area contributed by atoms with Crippen molar-refractivity contribution < 1.29 is 13.2 Å². The number of para-hydroxylation sites is 2. The largest absolute Gasteiger partial charge is 0.348 e. The molecule has 33 heavy (non-hydrogen) atoms. The summed E-state index contributed by atoms with van der Waals surface area (Å²) in [5.74, 6) is -0.216. The highest BCUT2D eigenvalue weighted by Crippen LogP contribution is 2.21. The molecular formula is C25H25N3O4S. The molecule has 0 fully saturated rings. The van der Waals surface area contributed by atoms with E-state index in [-0.39, 0.29) is 28.8 Å². The Balaban J connectivity index is 1.61. The van der Waals surface area contributed by atoms with Crippen LogP contribution in [0.15, 0.2) is 82.5 Å². The zero-order chi connectivity index (χ0) is 23.8. The molecule has 0 aliphatic heterocycles. The predicted octanol–water partition coefficient (Wildman–Crippen LogP) is 3.28. The lowest BCUT2D eigenvalue weighted by molar-refractivity contribution is -0.122. The van der Waals surface area contributed by atoms with Gasteiger partial charge >= 0.3 is 0 Å². The minimum atomic E-state index is -3.51. The van der Waals surface area contributed by atoms with Gasteiger partial charge in [0.15, 0.2) is 5.43 Å². The SMILES string of the molecule is CC(NC(=O)Cn1c2ccccc2c(=O)c2ccccc21)c1ccc(S(=O)(=O)N(C)C)cc1. The molecule has 1 atom stereocenters. The molecule has 0 saturated heterocycles. The van der Waals surface area contributed by atoms with Crippen molar-refractivity contribution in [3.63, 3.8) is 0 Å². The van der Waals surface area contributed by atoms with Crippen LogP contribution in [0.2, 0.25) is 0 Å². The number of nitrogens with one attached hydrogen (secondary N) is 1. The number of aromatic nitrogens is 1. The molecule has 1 heterocycles. The highest BCUT2D eigenvalue weighted by atomic mass is 32.2. The van der Waals surface area contributed by atoms with E-state index in [2.05, 4.69) is 5.32 Å². The second-order valence-electron chi connectivity index (χ2n) is 8.10. The van der Waals surface area contributed by atoms with E-state index < -0.39 is 10.0 Å². The maximum atomic E-state index is 13.0. The van der Waals surface area contributed by atoms with Crippen LogP contribution >= 0.6 is 0 Å². The van der Waals surface area contributed by atoms with Crippen LogP contribution in [0.1, 0.15) is 18.5 Å². The number of hydrogen-bond donors (Lipinski definition) is 1. The number of amides is 1. The van der Waals surface area contributed by atoms with E-state index in [1.165, 1.54) is 26.2 Å². The first-order chi connectivity index (χ1) is 15.7. The summed E-state index contributed by atoms with van der Waals surface area (Å²) in [6.45, 7) is 1.88. The smallest absolute Gasteiger partial charge is 0.242 e.